The van der Waals surface area contributed by atoms with Crippen LogP contribution >= 0.6 is 11.6 Å². The van der Waals surface area contributed by atoms with Gasteiger partial charge in [0.25, 0.3) is 0 Å². The van der Waals surface area contributed by atoms with Crippen LogP contribution in [0.2, 0.25) is 0 Å². The van der Waals surface area contributed by atoms with Crippen molar-refractivity contribution in [1.29, 1.82) is 0 Å². The van der Waals surface area contributed by atoms with Crippen LogP contribution in [-0.2, 0) is 0 Å². The van der Waals surface area contributed by atoms with Crippen molar-refractivity contribution in [3.05, 3.63) is 18.3 Å². The highest BCUT2D eigenvalue weighted by molar-refractivity contribution is 6.20. The van der Waals surface area contributed by atoms with Gasteiger partial charge >= 0.3 is 0 Å². The number of anilines is 1. The molecule has 0 bridgehead atoms. The molecule has 0 spiro atoms. The van der Waals surface area contributed by atoms with Crippen LogP contribution in [0, 0.1) is 0 Å². The first-order chi connectivity index (χ1) is 9.20. The van der Waals surface area contributed by atoms with E-state index >= 15 is 0 Å². The zero-order valence-electron chi connectivity index (χ0n) is 11.8. The minimum atomic E-state index is 0.217. The standard InChI is InChI=1S/C15H23ClN2O/c1-12(16)10-13-6-4-3-5-9-18(13)14-7-8-17-15(11-14)19-2/h7-8,11-13H,3-6,9-10H2,1-2H3. The van der Waals surface area contributed by atoms with Crippen molar-refractivity contribution in [2.45, 2.75) is 50.4 Å². The molecule has 0 aromatic carbocycles. The van der Waals surface area contributed by atoms with E-state index in [9.17, 15) is 0 Å². The Morgan fingerprint density at radius 1 is 1.47 bits per heavy atom. The fourth-order valence-corrected chi connectivity index (χ4v) is 3.03. The van der Waals surface area contributed by atoms with Crippen molar-refractivity contribution in [2.75, 3.05) is 18.6 Å². The maximum Gasteiger partial charge on any atom is 0.214 e. The number of methoxy groups -OCH3 is 1. The predicted molar refractivity (Wildman–Crippen MR) is 80.3 cm³/mol. The maximum atomic E-state index is 6.21. The van der Waals surface area contributed by atoms with Crippen molar-refractivity contribution in [3.63, 3.8) is 0 Å². The summed E-state index contributed by atoms with van der Waals surface area (Å²) in [5.74, 6) is 0.680. The molecule has 1 aliphatic rings. The number of pyridine rings is 1. The summed E-state index contributed by atoms with van der Waals surface area (Å²) >= 11 is 6.21. The third kappa shape index (κ3) is 4.00. The molecule has 2 unspecified atom stereocenters. The van der Waals surface area contributed by atoms with E-state index in [4.69, 9.17) is 16.3 Å². The van der Waals surface area contributed by atoms with Crippen LogP contribution in [-0.4, -0.2) is 30.1 Å². The first kappa shape index (κ1) is 14.4. The number of alkyl halides is 1. The molecule has 1 saturated heterocycles. The van der Waals surface area contributed by atoms with E-state index in [0.717, 1.165) is 13.0 Å². The van der Waals surface area contributed by atoms with Crippen LogP contribution in [0.4, 0.5) is 5.69 Å². The molecule has 1 fully saturated rings. The largest absolute Gasteiger partial charge is 0.481 e. The molecule has 0 N–H and O–H groups in total. The van der Waals surface area contributed by atoms with E-state index in [1.807, 2.05) is 12.3 Å². The molecule has 1 aliphatic heterocycles. The molecule has 0 radical (unpaired) electrons. The summed E-state index contributed by atoms with van der Waals surface area (Å²) < 4.78 is 5.23. The molecule has 0 amide bonds. The zero-order valence-corrected chi connectivity index (χ0v) is 12.6. The van der Waals surface area contributed by atoms with Gasteiger partial charge in [-0.2, -0.15) is 0 Å². The SMILES string of the molecule is COc1cc(N2CCCCCC2CC(C)Cl)ccn1. The van der Waals surface area contributed by atoms with Crippen LogP contribution in [0.25, 0.3) is 0 Å². The summed E-state index contributed by atoms with van der Waals surface area (Å²) in [7, 11) is 1.66. The van der Waals surface area contributed by atoms with Crippen LogP contribution in [0.5, 0.6) is 5.88 Å². The summed E-state index contributed by atoms with van der Waals surface area (Å²) in [6, 6.07) is 4.62. The average molecular weight is 283 g/mol. The van der Waals surface area contributed by atoms with Crippen molar-refractivity contribution in [3.8, 4) is 5.88 Å². The van der Waals surface area contributed by atoms with Gasteiger partial charge in [0, 0.05) is 35.9 Å². The van der Waals surface area contributed by atoms with Crippen LogP contribution in [0.15, 0.2) is 18.3 Å². The molecule has 0 saturated carbocycles. The van der Waals surface area contributed by atoms with Gasteiger partial charge in [-0.05, 0) is 32.3 Å². The number of hydrogen-bond donors (Lipinski definition) is 0. The molecule has 1 aromatic heterocycles. The van der Waals surface area contributed by atoms with Gasteiger partial charge in [0.05, 0.1) is 7.11 Å². The summed E-state index contributed by atoms with van der Waals surface area (Å²) in [5.41, 5.74) is 1.20. The van der Waals surface area contributed by atoms with E-state index < -0.39 is 0 Å². The minimum Gasteiger partial charge on any atom is -0.481 e. The highest BCUT2D eigenvalue weighted by Crippen LogP contribution is 2.28. The fraction of sp³-hybridized carbons (Fsp3) is 0.667. The van der Waals surface area contributed by atoms with Crippen LogP contribution in [0.1, 0.15) is 39.0 Å². The number of hydrogen-bond acceptors (Lipinski definition) is 3. The van der Waals surface area contributed by atoms with Gasteiger partial charge in [-0.25, -0.2) is 4.98 Å². The molecule has 106 valence electrons. The molecular formula is C15H23ClN2O. The van der Waals surface area contributed by atoms with E-state index in [2.05, 4.69) is 22.9 Å². The van der Waals surface area contributed by atoms with Gasteiger partial charge in [-0.3, -0.25) is 0 Å². The molecule has 19 heavy (non-hydrogen) atoms. The zero-order chi connectivity index (χ0) is 13.7. The maximum absolute atomic E-state index is 6.21. The lowest BCUT2D eigenvalue weighted by molar-refractivity contribution is 0.397. The lowest BCUT2D eigenvalue weighted by Crippen LogP contribution is -2.36. The predicted octanol–water partition coefficient (Wildman–Crippen LogP) is 3.86. The van der Waals surface area contributed by atoms with Crippen molar-refractivity contribution in [2.24, 2.45) is 0 Å². The Hall–Kier alpha value is -0.960. The Labute approximate surface area is 120 Å². The van der Waals surface area contributed by atoms with Gasteiger partial charge in [0.1, 0.15) is 0 Å². The average Bonchev–Trinajstić information content (AvgIpc) is 2.63. The molecule has 2 rings (SSSR count). The number of ether oxygens (including phenoxy) is 1. The first-order valence-corrected chi connectivity index (χ1v) is 7.55. The number of rotatable bonds is 4. The van der Waals surface area contributed by atoms with E-state index in [0.29, 0.717) is 11.9 Å². The molecule has 2 atom stereocenters. The highest BCUT2D eigenvalue weighted by Gasteiger charge is 2.23. The summed E-state index contributed by atoms with van der Waals surface area (Å²) in [4.78, 5) is 6.67. The fourth-order valence-electron chi connectivity index (χ4n) is 2.83. The van der Waals surface area contributed by atoms with Gasteiger partial charge in [0.15, 0.2) is 0 Å². The second-order valence-electron chi connectivity index (χ2n) is 5.27. The third-order valence-electron chi connectivity index (χ3n) is 3.73. The van der Waals surface area contributed by atoms with E-state index in [1.54, 1.807) is 7.11 Å². The normalized spacial score (nSPS) is 21.8. The van der Waals surface area contributed by atoms with E-state index in [1.165, 1.54) is 31.4 Å². The van der Waals surface area contributed by atoms with Crippen molar-refractivity contribution >= 4 is 17.3 Å². The van der Waals surface area contributed by atoms with Gasteiger partial charge in [0.2, 0.25) is 5.88 Å². The van der Waals surface area contributed by atoms with Gasteiger partial charge in [-0.15, -0.1) is 11.6 Å². The third-order valence-corrected chi connectivity index (χ3v) is 3.91. The first-order valence-electron chi connectivity index (χ1n) is 7.11. The molecule has 4 heteroatoms. The van der Waals surface area contributed by atoms with Crippen molar-refractivity contribution in [1.82, 2.24) is 4.98 Å². The number of aromatic nitrogens is 1. The molecular weight excluding hydrogens is 260 g/mol. The lowest BCUT2D eigenvalue weighted by atomic mass is 10.0. The Balaban J connectivity index is 2.20. The van der Waals surface area contributed by atoms with Crippen LogP contribution in [0.3, 0.4) is 0 Å². The Morgan fingerprint density at radius 3 is 3.05 bits per heavy atom. The minimum absolute atomic E-state index is 0.217. The second kappa shape index (κ2) is 6.99. The topological polar surface area (TPSA) is 25.4 Å². The van der Waals surface area contributed by atoms with E-state index in [-0.39, 0.29) is 5.38 Å². The van der Waals surface area contributed by atoms with Gasteiger partial charge < -0.3 is 9.64 Å². The van der Waals surface area contributed by atoms with Crippen molar-refractivity contribution < 1.29 is 4.74 Å². The van der Waals surface area contributed by atoms with Crippen LogP contribution < -0.4 is 9.64 Å². The summed E-state index contributed by atoms with van der Waals surface area (Å²) in [5, 5.41) is 0.217. The number of halogens is 1. The molecule has 3 nitrogen and oxygen atoms in total. The second-order valence-corrected chi connectivity index (χ2v) is 6.01. The molecule has 0 aliphatic carbocycles. The Kier molecular flexibility index (Phi) is 5.32. The smallest absolute Gasteiger partial charge is 0.214 e. The molecule has 1 aromatic rings. The Morgan fingerprint density at radius 2 is 2.32 bits per heavy atom. The monoisotopic (exact) mass is 282 g/mol. The number of nitrogens with zero attached hydrogens (tertiary/aromatic N) is 2. The molecule has 2 heterocycles. The summed E-state index contributed by atoms with van der Waals surface area (Å²) in [6.07, 6.45) is 7.94. The quantitative estimate of drug-likeness (QED) is 0.784. The highest BCUT2D eigenvalue weighted by atomic mass is 35.5. The Bertz CT molecular complexity index is 397. The summed E-state index contributed by atoms with van der Waals surface area (Å²) in [6.45, 7) is 3.18. The lowest BCUT2D eigenvalue weighted by Gasteiger charge is -2.33. The van der Waals surface area contributed by atoms with Gasteiger partial charge in [-0.1, -0.05) is 12.8 Å².